The van der Waals surface area contributed by atoms with Crippen LogP contribution in [0.2, 0.25) is 0 Å². The van der Waals surface area contributed by atoms with Gasteiger partial charge in [-0.2, -0.15) is 0 Å². The molecule has 180 valence electrons. The first-order chi connectivity index (χ1) is 17.0. The van der Waals surface area contributed by atoms with Crippen molar-refractivity contribution in [3.63, 3.8) is 0 Å². The second-order valence-corrected chi connectivity index (χ2v) is 9.31. The number of hydrogen-bond acceptors (Lipinski definition) is 3. The molecule has 3 aromatic carbocycles. The third-order valence-electron chi connectivity index (χ3n) is 7.24. The van der Waals surface area contributed by atoms with E-state index < -0.39 is 5.97 Å². The third kappa shape index (κ3) is 4.41. The molecule has 0 spiro atoms. The molecule has 1 amide bonds. The normalized spacial score (nSPS) is 16.9. The van der Waals surface area contributed by atoms with Gasteiger partial charge >= 0.3 is 5.97 Å². The van der Waals surface area contributed by atoms with E-state index in [9.17, 15) is 19.1 Å². The number of carboxylic acid groups (broad SMARTS) is 1. The van der Waals surface area contributed by atoms with Crippen molar-refractivity contribution in [1.29, 1.82) is 0 Å². The topological polar surface area (TPSA) is 66.8 Å². The van der Waals surface area contributed by atoms with Crippen molar-refractivity contribution in [3.05, 3.63) is 88.2 Å². The van der Waals surface area contributed by atoms with E-state index in [1.807, 2.05) is 17.0 Å². The number of aryl methyl sites for hydroxylation is 1. The van der Waals surface area contributed by atoms with Crippen LogP contribution in [0.15, 0.2) is 54.6 Å². The van der Waals surface area contributed by atoms with E-state index in [0.29, 0.717) is 42.0 Å². The largest absolute Gasteiger partial charge is 0.496 e. The van der Waals surface area contributed by atoms with E-state index in [4.69, 9.17) is 4.74 Å². The van der Waals surface area contributed by atoms with Crippen LogP contribution >= 0.6 is 0 Å². The number of amides is 1. The fraction of sp³-hybridized carbons (Fsp3) is 0.310. The minimum Gasteiger partial charge on any atom is -0.496 e. The van der Waals surface area contributed by atoms with Gasteiger partial charge in [-0.1, -0.05) is 36.4 Å². The van der Waals surface area contributed by atoms with Crippen molar-refractivity contribution in [3.8, 4) is 16.9 Å². The Hall–Kier alpha value is -3.67. The van der Waals surface area contributed by atoms with Gasteiger partial charge in [-0.3, -0.25) is 9.59 Å². The zero-order valence-electron chi connectivity index (χ0n) is 19.7. The quantitative estimate of drug-likeness (QED) is 0.558. The van der Waals surface area contributed by atoms with E-state index in [1.165, 1.54) is 11.6 Å². The maximum absolute atomic E-state index is 14.9. The van der Waals surface area contributed by atoms with Gasteiger partial charge in [-0.05, 0) is 77.3 Å². The van der Waals surface area contributed by atoms with Gasteiger partial charge in [-0.15, -0.1) is 0 Å². The number of nitrogens with zero attached hydrogens (tertiary/aromatic N) is 1. The van der Waals surface area contributed by atoms with Crippen LogP contribution in [0.3, 0.4) is 0 Å². The Balaban J connectivity index is 1.52. The number of benzene rings is 3. The molecule has 1 aliphatic carbocycles. The number of carboxylic acids is 1. The third-order valence-corrected chi connectivity index (χ3v) is 7.24. The smallest absolute Gasteiger partial charge is 0.307 e. The van der Waals surface area contributed by atoms with Gasteiger partial charge in [-0.25, -0.2) is 4.39 Å². The Morgan fingerprint density at radius 1 is 1.06 bits per heavy atom. The molecule has 0 unspecified atom stereocenters. The van der Waals surface area contributed by atoms with E-state index in [1.54, 1.807) is 31.4 Å². The van der Waals surface area contributed by atoms with Crippen molar-refractivity contribution in [1.82, 2.24) is 4.90 Å². The van der Waals surface area contributed by atoms with Gasteiger partial charge in [0.1, 0.15) is 11.6 Å². The molecule has 0 bridgehead atoms. The summed E-state index contributed by atoms with van der Waals surface area (Å²) >= 11 is 0. The first kappa shape index (κ1) is 23.1. The Kier molecular flexibility index (Phi) is 6.29. The SMILES string of the molecule is COc1ccc(CC(=O)O)cc1-c1ccc(F)c2c1CN(C(=O)[C@@H]1CCCc3ccccc31)CC2. The van der Waals surface area contributed by atoms with E-state index in [-0.39, 0.29) is 24.1 Å². The summed E-state index contributed by atoms with van der Waals surface area (Å²) in [6.07, 6.45) is 3.11. The monoisotopic (exact) mass is 473 g/mol. The minimum absolute atomic E-state index is 0.0876. The van der Waals surface area contributed by atoms with Crippen molar-refractivity contribution >= 4 is 11.9 Å². The van der Waals surface area contributed by atoms with Crippen LogP contribution in [0.5, 0.6) is 5.75 Å². The van der Waals surface area contributed by atoms with Gasteiger partial charge in [0.15, 0.2) is 0 Å². The molecular formula is C29H28FNO4. The molecule has 0 fully saturated rings. The Bertz CT molecular complexity index is 1300. The van der Waals surface area contributed by atoms with Crippen LogP contribution < -0.4 is 4.74 Å². The second kappa shape index (κ2) is 9.53. The predicted octanol–water partition coefficient (Wildman–Crippen LogP) is 5.13. The lowest BCUT2D eigenvalue weighted by Gasteiger charge is -2.35. The lowest BCUT2D eigenvalue weighted by molar-refractivity contribution is -0.136. The highest BCUT2D eigenvalue weighted by Crippen LogP contribution is 2.39. The summed E-state index contributed by atoms with van der Waals surface area (Å²) < 4.78 is 20.4. The molecule has 2 aliphatic rings. The summed E-state index contributed by atoms with van der Waals surface area (Å²) in [5.74, 6) is -0.708. The molecule has 35 heavy (non-hydrogen) atoms. The van der Waals surface area contributed by atoms with Gasteiger partial charge in [0.05, 0.1) is 19.4 Å². The van der Waals surface area contributed by atoms with Crippen molar-refractivity contribution in [2.24, 2.45) is 0 Å². The van der Waals surface area contributed by atoms with Crippen LogP contribution in [-0.2, 0) is 35.4 Å². The second-order valence-electron chi connectivity index (χ2n) is 9.31. The summed E-state index contributed by atoms with van der Waals surface area (Å²) in [7, 11) is 1.56. The van der Waals surface area contributed by atoms with Crippen LogP contribution in [0.4, 0.5) is 4.39 Å². The maximum Gasteiger partial charge on any atom is 0.307 e. The zero-order chi connectivity index (χ0) is 24.5. The molecule has 0 aromatic heterocycles. The van der Waals surface area contributed by atoms with E-state index >= 15 is 0 Å². The molecule has 1 heterocycles. The summed E-state index contributed by atoms with van der Waals surface area (Å²) in [5, 5.41) is 9.25. The Morgan fingerprint density at radius 3 is 2.69 bits per heavy atom. The van der Waals surface area contributed by atoms with Crippen LogP contribution in [0.25, 0.3) is 11.1 Å². The molecule has 1 atom stereocenters. The fourth-order valence-corrected chi connectivity index (χ4v) is 5.55. The van der Waals surface area contributed by atoms with Gasteiger partial charge < -0.3 is 14.7 Å². The maximum atomic E-state index is 14.9. The number of hydrogen-bond donors (Lipinski definition) is 1. The number of rotatable bonds is 5. The predicted molar refractivity (Wildman–Crippen MR) is 131 cm³/mol. The Labute approximate surface area is 204 Å². The van der Waals surface area contributed by atoms with Crippen molar-refractivity contribution in [2.75, 3.05) is 13.7 Å². The number of carbonyl (C=O) groups excluding carboxylic acids is 1. The minimum atomic E-state index is -0.924. The number of fused-ring (bicyclic) bond motifs is 2. The number of carbonyl (C=O) groups is 2. The van der Waals surface area contributed by atoms with Crippen molar-refractivity contribution < 1.29 is 23.8 Å². The number of halogens is 1. The lowest BCUT2D eigenvalue weighted by atomic mass is 9.81. The standard InChI is InChI=1S/C29H28FNO4/c1-35-27-12-9-18(16-28(32)33)15-24(27)21-10-11-26(30)22-13-14-31(17-25(21)22)29(34)23-8-4-6-19-5-2-3-7-20(19)23/h2-3,5,7,9-12,15,23H,4,6,8,13-14,16-17H2,1H3,(H,32,33)/t23-/m1/s1. The summed E-state index contributed by atoms with van der Waals surface area (Å²) in [5.41, 5.74) is 5.83. The highest BCUT2D eigenvalue weighted by molar-refractivity contribution is 5.85. The van der Waals surface area contributed by atoms with E-state index in [0.717, 1.165) is 36.0 Å². The van der Waals surface area contributed by atoms with Crippen LogP contribution in [-0.4, -0.2) is 35.5 Å². The molecular weight excluding hydrogens is 445 g/mol. The molecule has 1 aliphatic heterocycles. The fourth-order valence-electron chi connectivity index (χ4n) is 5.55. The molecule has 0 saturated carbocycles. The highest BCUT2D eigenvalue weighted by Gasteiger charge is 2.33. The Morgan fingerprint density at radius 2 is 1.89 bits per heavy atom. The van der Waals surface area contributed by atoms with E-state index in [2.05, 4.69) is 12.1 Å². The molecule has 6 heteroatoms. The molecule has 3 aromatic rings. The van der Waals surface area contributed by atoms with Crippen LogP contribution in [0, 0.1) is 5.82 Å². The number of ether oxygens (including phenoxy) is 1. The van der Waals surface area contributed by atoms with Crippen LogP contribution in [0.1, 0.15) is 46.6 Å². The van der Waals surface area contributed by atoms with Gasteiger partial charge in [0, 0.05) is 18.7 Å². The zero-order valence-corrected chi connectivity index (χ0v) is 19.7. The lowest BCUT2D eigenvalue weighted by Crippen LogP contribution is -2.40. The molecule has 1 N–H and O–H groups in total. The summed E-state index contributed by atoms with van der Waals surface area (Å²) in [6.45, 7) is 0.785. The van der Waals surface area contributed by atoms with Gasteiger partial charge in [0.25, 0.3) is 0 Å². The first-order valence-electron chi connectivity index (χ1n) is 12.0. The molecule has 0 radical (unpaired) electrons. The molecule has 0 saturated heterocycles. The first-order valence-corrected chi connectivity index (χ1v) is 12.0. The summed E-state index contributed by atoms with van der Waals surface area (Å²) in [6, 6.07) is 16.6. The highest BCUT2D eigenvalue weighted by atomic mass is 19.1. The number of aliphatic carboxylic acids is 1. The molecule has 5 nitrogen and oxygen atoms in total. The van der Waals surface area contributed by atoms with Gasteiger partial charge in [0.2, 0.25) is 5.91 Å². The van der Waals surface area contributed by atoms with Crippen molar-refractivity contribution in [2.45, 2.75) is 44.6 Å². The number of methoxy groups -OCH3 is 1. The average molecular weight is 474 g/mol. The average Bonchev–Trinajstić information content (AvgIpc) is 2.87. The summed E-state index contributed by atoms with van der Waals surface area (Å²) in [4.78, 5) is 26.8. The molecule has 5 rings (SSSR count).